The van der Waals surface area contributed by atoms with Gasteiger partial charge in [0.2, 0.25) is 0 Å². The molecule has 0 aliphatic rings. The molecule has 0 aromatic carbocycles. The van der Waals surface area contributed by atoms with Crippen molar-refractivity contribution in [2.75, 3.05) is 6.54 Å². The van der Waals surface area contributed by atoms with Crippen LogP contribution < -0.4 is 5.32 Å². The van der Waals surface area contributed by atoms with Gasteiger partial charge in [0, 0.05) is 34.2 Å². The van der Waals surface area contributed by atoms with Gasteiger partial charge in [0.15, 0.2) is 0 Å². The lowest BCUT2D eigenvalue weighted by atomic mass is 10.1. The molecule has 0 spiro atoms. The molecule has 108 valence electrons. The van der Waals surface area contributed by atoms with Gasteiger partial charge in [0.25, 0.3) is 0 Å². The van der Waals surface area contributed by atoms with Gasteiger partial charge in [0.05, 0.1) is 10.7 Å². The van der Waals surface area contributed by atoms with Crippen LogP contribution in [-0.2, 0) is 6.42 Å². The summed E-state index contributed by atoms with van der Waals surface area (Å²) in [5.41, 5.74) is 2.35. The number of hydrogen-bond donors (Lipinski definition) is 1. The maximum Gasteiger partial charge on any atom is 0.0949 e. The minimum absolute atomic E-state index is 0.268. The summed E-state index contributed by atoms with van der Waals surface area (Å²) in [5, 5.41) is 4.78. The molecule has 2 rings (SSSR count). The van der Waals surface area contributed by atoms with Gasteiger partial charge in [-0.1, -0.05) is 6.92 Å². The Balaban J connectivity index is 2.18. The van der Waals surface area contributed by atoms with Gasteiger partial charge in [-0.25, -0.2) is 4.98 Å². The summed E-state index contributed by atoms with van der Waals surface area (Å²) in [4.78, 5) is 10.2. The summed E-state index contributed by atoms with van der Waals surface area (Å²) in [7, 11) is 0. The molecule has 0 aliphatic carbocycles. The van der Waals surface area contributed by atoms with Gasteiger partial charge < -0.3 is 5.32 Å². The van der Waals surface area contributed by atoms with Crippen LogP contribution in [0.2, 0.25) is 0 Å². The van der Waals surface area contributed by atoms with Gasteiger partial charge in [-0.3, -0.25) is 4.98 Å². The maximum absolute atomic E-state index is 4.65. The first-order chi connectivity index (χ1) is 9.60. The molecule has 3 nitrogen and oxygen atoms in total. The summed E-state index contributed by atoms with van der Waals surface area (Å²) in [5.74, 6) is 0. The van der Waals surface area contributed by atoms with E-state index in [4.69, 9.17) is 0 Å². The number of nitrogens with zero attached hydrogens (tertiary/aromatic N) is 2. The third kappa shape index (κ3) is 4.11. The highest BCUT2D eigenvalue weighted by molar-refractivity contribution is 9.10. The van der Waals surface area contributed by atoms with E-state index in [1.165, 1.54) is 15.4 Å². The van der Waals surface area contributed by atoms with Crippen molar-refractivity contribution in [2.24, 2.45) is 0 Å². The molecule has 1 N–H and O–H groups in total. The molecule has 0 radical (unpaired) electrons. The smallest absolute Gasteiger partial charge is 0.0949 e. The number of pyridine rings is 1. The van der Waals surface area contributed by atoms with E-state index in [2.05, 4.69) is 58.1 Å². The normalized spacial score (nSPS) is 12.6. The fraction of sp³-hybridized carbons (Fsp3) is 0.467. The summed E-state index contributed by atoms with van der Waals surface area (Å²) < 4.78 is 1.02. The van der Waals surface area contributed by atoms with E-state index in [9.17, 15) is 0 Å². The number of hydrogen-bond acceptors (Lipinski definition) is 4. The second-order valence-corrected chi connectivity index (χ2v) is 7.10. The molecular weight excluding hydrogens is 334 g/mol. The highest BCUT2D eigenvalue weighted by atomic mass is 79.9. The zero-order valence-electron chi connectivity index (χ0n) is 12.1. The van der Waals surface area contributed by atoms with E-state index in [1.807, 2.05) is 12.4 Å². The Morgan fingerprint density at radius 2 is 2.15 bits per heavy atom. The number of nitrogens with one attached hydrogen (secondary N) is 1. The van der Waals surface area contributed by atoms with E-state index in [0.717, 1.165) is 29.6 Å². The van der Waals surface area contributed by atoms with Crippen LogP contribution in [0.4, 0.5) is 0 Å². The molecule has 1 atom stereocenters. The molecule has 0 saturated heterocycles. The molecule has 0 saturated carbocycles. The fourth-order valence-electron chi connectivity index (χ4n) is 2.05. The molecule has 0 fully saturated rings. The second-order valence-electron chi connectivity index (χ2n) is 4.90. The zero-order chi connectivity index (χ0) is 14.5. The average molecular weight is 354 g/mol. The maximum atomic E-state index is 4.65. The van der Waals surface area contributed by atoms with Gasteiger partial charge in [-0.2, -0.15) is 0 Å². The van der Waals surface area contributed by atoms with Crippen LogP contribution in [0.25, 0.3) is 0 Å². The Hall–Kier alpha value is -0.780. The first kappa shape index (κ1) is 15.6. The van der Waals surface area contributed by atoms with Crippen LogP contribution >= 0.6 is 27.3 Å². The minimum atomic E-state index is 0.268. The van der Waals surface area contributed by atoms with E-state index in [1.54, 1.807) is 11.3 Å². The van der Waals surface area contributed by atoms with E-state index in [-0.39, 0.29) is 6.04 Å². The summed E-state index contributed by atoms with van der Waals surface area (Å²) in [6.07, 6.45) is 5.79. The molecule has 2 aromatic heterocycles. The largest absolute Gasteiger partial charge is 0.310 e. The monoisotopic (exact) mass is 353 g/mol. The Labute approximate surface area is 133 Å². The first-order valence-electron chi connectivity index (χ1n) is 6.87. The number of thiazole rings is 1. The number of halogens is 1. The number of aromatic nitrogens is 2. The molecule has 2 aromatic rings. The van der Waals surface area contributed by atoms with Crippen LogP contribution in [0.1, 0.15) is 40.5 Å². The molecule has 2 heterocycles. The highest BCUT2D eigenvalue weighted by Crippen LogP contribution is 2.24. The van der Waals surface area contributed by atoms with Crippen molar-refractivity contribution in [3.63, 3.8) is 0 Å². The Morgan fingerprint density at radius 3 is 2.75 bits per heavy atom. The topological polar surface area (TPSA) is 37.8 Å². The molecule has 5 heteroatoms. The van der Waals surface area contributed by atoms with Gasteiger partial charge in [0.1, 0.15) is 0 Å². The summed E-state index contributed by atoms with van der Waals surface area (Å²) >= 11 is 5.29. The fourth-order valence-corrected chi connectivity index (χ4v) is 3.41. The predicted molar refractivity (Wildman–Crippen MR) is 88.3 cm³/mol. The van der Waals surface area contributed by atoms with Crippen LogP contribution in [0.3, 0.4) is 0 Å². The van der Waals surface area contributed by atoms with Crippen LogP contribution in [0.5, 0.6) is 0 Å². The SMILES string of the molecule is CCCNC(Cc1nc(C)c(C)s1)c1cncc(Br)c1. The second kappa shape index (κ2) is 7.29. The van der Waals surface area contributed by atoms with Crippen molar-refractivity contribution >= 4 is 27.3 Å². The number of rotatable bonds is 6. The van der Waals surface area contributed by atoms with Crippen molar-refractivity contribution in [1.82, 2.24) is 15.3 Å². The lowest BCUT2D eigenvalue weighted by molar-refractivity contribution is 0.526. The molecule has 0 bridgehead atoms. The summed E-state index contributed by atoms with van der Waals surface area (Å²) in [6.45, 7) is 7.39. The van der Waals surface area contributed by atoms with Crippen LogP contribution in [0.15, 0.2) is 22.9 Å². The molecule has 0 aliphatic heterocycles. The van der Waals surface area contributed by atoms with Crippen molar-refractivity contribution in [2.45, 2.75) is 39.7 Å². The predicted octanol–water partition coefficient (Wildman–Crippen LogP) is 4.20. The minimum Gasteiger partial charge on any atom is -0.310 e. The third-order valence-corrected chi connectivity index (χ3v) is 4.75. The van der Waals surface area contributed by atoms with E-state index >= 15 is 0 Å². The van der Waals surface area contributed by atoms with Crippen molar-refractivity contribution < 1.29 is 0 Å². The number of aryl methyl sites for hydroxylation is 2. The lowest BCUT2D eigenvalue weighted by Crippen LogP contribution is -2.24. The highest BCUT2D eigenvalue weighted by Gasteiger charge is 2.15. The Morgan fingerprint density at radius 1 is 1.35 bits per heavy atom. The quantitative estimate of drug-likeness (QED) is 0.845. The summed E-state index contributed by atoms with van der Waals surface area (Å²) in [6, 6.07) is 2.40. The standard InChI is InChI=1S/C15H20BrN3S/c1-4-5-18-14(12-6-13(16)9-17-8-12)7-15-19-10(2)11(3)20-15/h6,8-9,14,18H,4-5,7H2,1-3H3. The molecular formula is C15H20BrN3S. The van der Waals surface area contributed by atoms with E-state index < -0.39 is 0 Å². The van der Waals surface area contributed by atoms with Crippen molar-refractivity contribution in [3.8, 4) is 0 Å². The molecule has 0 amide bonds. The van der Waals surface area contributed by atoms with Gasteiger partial charge >= 0.3 is 0 Å². The zero-order valence-corrected chi connectivity index (χ0v) is 14.5. The van der Waals surface area contributed by atoms with Crippen molar-refractivity contribution in [1.29, 1.82) is 0 Å². The van der Waals surface area contributed by atoms with Gasteiger partial charge in [-0.05, 0) is 54.4 Å². The third-order valence-electron chi connectivity index (χ3n) is 3.22. The molecule has 20 heavy (non-hydrogen) atoms. The average Bonchev–Trinajstić information content (AvgIpc) is 2.73. The van der Waals surface area contributed by atoms with E-state index in [0.29, 0.717) is 0 Å². The van der Waals surface area contributed by atoms with Crippen LogP contribution in [0, 0.1) is 13.8 Å². The Kier molecular flexibility index (Phi) is 5.69. The van der Waals surface area contributed by atoms with Crippen LogP contribution in [-0.4, -0.2) is 16.5 Å². The van der Waals surface area contributed by atoms with Crippen molar-refractivity contribution in [3.05, 3.63) is 44.1 Å². The molecule has 1 unspecified atom stereocenters. The lowest BCUT2D eigenvalue weighted by Gasteiger charge is -2.17. The first-order valence-corrected chi connectivity index (χ1v) is 8.47. The Bertz CT molecular complexity index is 548. The van der Waals surface area contributed by atoms with Gasteiger partial charge in [-0.15, -0.1) is 11.3 Å².